The van der Waals surface area contributed by atoms with E-state index in [1.54, 1.807) is 0 Å². The van der Waals surface area contributed by atoms with Gasteiger partial charge in [-0.1, -0.05) is 30.3 Å². The zero-order valence-corrected chi connectivity index (χ0v) is 11.3. The Morgan fingerprint density at radius 2 is 2.05 bits per heavy atom. The molecule has 1 fully saturated rings. The number of rotatable bonds is 3. The van der Waals surface area contributed by atoms with Crippen LogP contribution in [0.15, 0.2) is 42.5 Å². The summed E-state index contributed by atoms with van der Waals surface area (Å²) in [5, 5.41) is 6.03. The smallest absolute Gasteiger partial charge is 0.0874 e. The van der Waals surface area contributed by atoms with Gasteiger partial charge in [0.2, 0.25) is 0 Å². The van der Waals surface area contributed by atoms with E-state index in [1.165, 1.54) is 10.8 Å². The number of hydrogen-bond acceptors (Lipinski definition) is 3. The molecule has 1 N–H and O–H groups in total. The molecule has 3 heteroatoms. The van der Waals surface area contributed by atoms with Crippen LogP contribution < -0.4 is 5.32 Å². The van der Waals surface area contributed by atoms with E-state index in [0.717, 1.165) is 31.9 Å². The minimum absolute atomic E-state index is 0.283. The predicted octanol–water partition coefficient (Wildman–Crippen LogP) is 2.58. The highest BCUT2D eigenvalue weighted by molar-refractivity contribution is 5.85. The highest BCUT2D eigenvalue weighted by Gasteiger charge is 2.16. The third-order valence-electron chi connectivity index (χ3n) is 3.63. The van der Waals surface area contributed by atoms with Gasteiger partial charge < -0.3 is 15.0 Å². The zero-order valence-electron chi connectivity index (χ0n) is 11.3. The van der Waals surface area contributed by atoms with Crippen LogP contribution in [0.25, 0.3) is 10.8 Å². The lowest BCUT2D eigenvalue weighted by Gasteiger charge is -2.30. The summed E-state index contributed by atoms with van der Waals surface area (Å²) in [5.74, 6) is 0. The number of hydrogen-bond donors (Lipinski definition) is 1. The van der Waals surface area contributed by atoms with E-state index in [0.29, 0.717) is 0 Å². The maximum atomic E-state index is 5.75. The molecule has 0 radical (unpaired) electrons. The van der Waals surface area contributed by atoms with E-state index in [9.17, 15) is 0 Å². The van der Waals surface area contributed by atoms with E-state index < -0.39 is 0 Å². The van der Waals surface area contributed by atoms with Crippen molar-refractivity contribution in [1.29, 1.82) is 0 Å². The molecule has 1 aliphatic rings. The van der Waals surface area contributed by atoms with Crippen LogP contribution in [-0.2, 0) is 4.74 Å². The Kier molecular flexibility index (Phi) is 3.67. The van der Waals surface area contributed by atoms with Crippen LogP contribution in [0.3, 0.4) is 0 Å². The highest BCUT2D eigenvalue weighted by Crippen LogP contribution is 2.19. The molecule has 19 heavy (non-hydrogen) atoms. The summed E-state index contributed by atoms with van der Waals surface area (Å²) in [5.41, 5.74) is 1.16. The van der Waals surface area contributed by atoms with Gasteiger partial charge in [0, 0.05) is 25.3 Å². The largest absolute Gasteiger partial charge is 0.382 e. The summed E-state index contributed by atoms with van der Waals surface area (Å²) in [6.45, 7) is 3.73. The molecule has 0 amide bonds. The van der Waals surface area contributed by atoms with Crippen LogP contribution in [0, 0.1) is 0 Å². The molecule has 2 aromatic rings. The number of anilines is 1. The number of nitrogens with zero attached hydrogens (tertiary/aromatic N) is 1. The van der Waals surface area contributed by atoms with Crippen LogP contribution in [0.5, 0.6) is 0 Å². The predicted molar refractivity (Wildman–Crippen MR) is 79.7 cm³/mol. The van der Waals surface area contributed by atoms with Gasteiger partial charge in [-0.2, -0.15) is 0 Å². The fraction of sp³-hybridized carbons (Fsp3) is 0.375. The van der Waals surface area contributed by atoms with Crippen molar-refractivity contribution in [2.75, 3.05) is 38.6 Å². The summed E-state index contributed by atoms with van der Waals surface area (Å²) >= 11 is 0. The van der Waals surface area contributed by atoms with Crippen molar-refractivity contribution in [1.82, 2.24) is 4.90 Å². The lowest BCUT2D eigenvalue weighted by molar-refractivity contribution is -0.0117. The van der Waals surface area contributed by atoms with Crippen molar-refractivity contribution in [3.8, 4) is 0 Å². The maximum Gasteiger partial charge on any atom is 0.0874 e. The molecule has 0 aromatic heterocycles. The van der Waals surface area contributed by atoms with Crippen molar-refractivity contribution < 1.29 is 4.74 Å². The van der Waals surface area contributed by atoms with Crippen LogP contribution in [0.2, 0.25) is 0 Å². The van der Waals surface area contributed by atoms with E-state index in [4.69, 9.17) is 4.74 Å². The van der Waals surface area contributed by atoms with E-state index >= 15 is 0 Å². The summed E-state index contributed by atoms with van der Waals surface area (Å²) in [7, 11) is 2.14. The van der Waals surface area contributed by atoms with Gasteiger partial charge in [0.05, 0.1) is 12.7 Å². The Bertz CT molecular complexity index is 555. The Labute approximate surface area is 114 Å². The first-order valence-electron chi connectivity index (χ1n) is 6.84. The van der Waals surface area contributed by atoms with Crippen LogP contribution in [0.4, 0.5) is 5.69 Å². The third-order valence-corrected chi connectivity index (χ3v) is 3.63. The molecule has 1 unspecified atom stereocenters. The molecule has 0 aliphatic carbocycles. The van der Waals surface area contributed by atoms with Crippen molar-refractivity contribution in [3.63, 3.8) is 0 Å². The Morgan fingerprint density at radius 1 is 1.21 bits per heavy atom. The highest BCUT2D eigenvalue weighted by atomic mass is 16.5. The van der Waals surface area contributed by atoms with Crippen LogP contribution in [0.1, 0.15) is 0 Å². The van der Waals surface area contributed by atoms with E-state index in [1.807, 2.05) is 0 Å². The average molecular weight is 256 g/mol. The Balaban J connectivity index is 1.64. The second kappa shape index (κ2) is 5.59. The lowest BCUT2D eigenvalue weighted by Crippen LogP contribution is -2.43. The van der Waals surface area contributed by atoms with E-state index in [2.05, 4.69) is 59.7 Å². The fourth-order valence-corrected chi connectivity index (χ4v) is 2.52. The topological polar surface area (TPSA) is 24.5 Å². The Hall–Kier alpha value is -1.58. The number of nitrogens with one attached hydrogen (secondary N) is 1. The Morgan fingerprint density at radius 3 is 2.89 bits per heavy atom. The molecule has 0 saturated carbocycles. The molecular formula is C16H20N2O. The van der Waals surface area contributed by atoms with E-state index in [-0.39, 0.29) is 6.10 Å². The molecule has 3 rings (SSSR count). The third kappa shape index (κ3) is 3.06. The molecule has 100 valence electrons. The summed E-state index contributed by atoms with van der Waals surface area (Å²) in [4.78, 5) is 2.32. The van der Waals surface area contributed by atoms with Gasteiger partial charge in [-0.3, -0.25) is 0 Å². The van der Waals surface area contributed by atoms with Gasteiger partial charge in [-0.15, -0.1) is 0 Å². The standard InChI is InChI=1S/C16H20N2O/c1-18-8-9-19-16(12-18)11-17-15-7-6-13-4-2-3-5-14(13)10-15/h2-7,10,16-17H,8-9,11-12H2,1H3. The molecule has 1 atom stereocenters. The maximum absolute atomic E-state index is 5.75. The van der Waals surface area contributed by atoms with Crippen molar-refractivity contribution in [2.45, 2.75) is 6.10 Å². The van der Waals surface area contributed by atoms with Crippen LogP contribution in [-0.4, -0.2) is 44.3 Å². The minimum atomic E-state index is 0.283. The van der Waals surface area contributed by atoms with Gasteiger partial charge in [-0.25, -0.2) is 0 Å². The average Bonchev–Trinajstić information content (AvgIpc) is 2.45. The normalized spacial score (nSPS) is 20.6. The molecule has 1 saturated heterocycles. The fourth-order valence-electron chi connectivity index (χ4n) is 2.52. The SMILES string of the molecule is CN1CCOC(CNc2ccc3ccccc3c2)C1. The summed E-state index contributed by atoms with van der Waals surface area (Å²) in [6, 6.07) is 14.9. The quantitative estimate of drug-likeness (QED) is 0.913. The summed E-state index contributed by atoms with van der Waals surface area (Å²) in [6.07, 6.45) is 0.283. The summed E-state index contributed by atoms with van der Waals surface area (Å²) < 4.78 is 5.75. The first-order valence-corrected chi connectivity index (χ1v) is 6.84. The van der Waals surface area contributed by atoms with Gasteiger partial charge in [-0.05, 0) is 30.0 Å². The molecule has 2 aromatic carbocycles. The molecule has 0 spiro atoms. The van der Waals surface area contributed by atoms with Gasteiger partial charge in [0.15, 0.2) is 0 Å². The van der Waals surface area contributed by atoms with Gasteiger partial charge in [0.1, 0.15) is 0 Å². The monoisotopic (exact) mass is 256 g/mol. The van der Waals surface area contributed by atoms with Crippen molar-refractivity contribution in [2.24, 2.45) is 0 Å². The lowest BCUT2D eigenvalue weighted by atomic mass is 10.1. The number of morpholine rings is 1. The molecular weight excluding hydrogens is 236 g/mol. The molecule has 0 bridgehead atoms. The first kappa shape index (κ1) is 12.5. The van der Waals surface area contributed by atoms with Gasteiger partial charge in [0.25, 0.3) is 0 Å². The van der Waals surface area contributed by atoms with Gasteiger partial charge >= 0.3 is 0 Å². The van der Waals surface area contributed by atoms with Crippen molar-refractivity contribution >= 4 is 16.5 Å². The minimum Gasteiger partial charge on any atom is -0.382 e. The zero-order chi connectivity index (χ0) is 13.1. The number of ether oxygens (including phenoxy) is 1. The second-order valence-corrected chi connectivity index (χ2v) is 5.20. The first-order chi connectivity index (χ1) is 9.31. The molecule has 1 aliphatic heterocycles. The molecule has 1 heterocycles. The number of benzene rings is 2. The molecule has 3 nitrogen and oxygen atoms in total. The van der Waals surface area contributed by atoms with Crippen LogP contribution >= 0.6 is 0 Å². The number of likely N-dealkylation sites (N-methyl/N-ethyl adjacent to an activating group) is 1. The second-order valence-electron chi connectivity index (χ2n) is 5.20. The van der Waals surface area contributed by atoms with Crippen molar-refractivity contribution in [3.05, 3.63) is 42.5 Å². The number of fused-ring (bicyclic) bond motifs is 1.